The van der Waals surface area contributed by atoms with Crippen LogP contribution in [-0.2, 0) is 9.53 Å². The maximum Gasteiger partial charge on any atom is 0.330 e. The van der Waals surface area contributed by atoms with Gasteiger partial charge in [0.1, 0.15) is 0 Å². The maximum absolute atomic E-state index is 11.4. The van der Waals surface area contributed by atoms with Gasteiger partial charge in [-0.3, -0.25) is 10.1 Å². The molecule has 2 aromatic rings. The molecule has 0 amide bonds. The van der Waals surface area contributed by atoms with Gasteiger partial charge in [0.25, 0.3) is 5.69 Å². The Labute approximate surface area is 126 Å². The molecule has 7 heteroatoms. The van der Waals surface area contributed by atoms with Crippen LogP contribution in [-0.4, -0.2) is 29.6 Å². The maximum atomic E-state index is 11.4. The molecule has 0 atom stereocenters. The average Bonchev–Trinajstić information content (AvgIpc) is 2.51. The molecule has 2 rings (SSSR count). The molecule has 22 heavy (non-hydrogen) atoms. The van der Waals surface area contributed by atoms with Gasteiger partial charge in [0.2, 0.25) is 5.88 Å². The number of hydrogen-bond donors (Lipinski definition) is 0. The minimum atomic E-state index is -0.506. The molecule has 0 N–H and O–H groups in total. The predicted molar refractivity (Wildman–Crippen MR) is 80.6 cm³/mol. The molecule has 0 saturated carbocycles. The summed E-state index contributed by atoms with van der Waals surface area (Å²) in [5.41, 5.74) is 0.663. The molecule has 1 heterocycles. The summed E-state index contributed by atoms with van der Waals surface area (Å²) in [4.78, 5) is 26.1. The molecular weight excluding hydrogens is 288 g/mol. The number of nitro benzene ring substituents is 1. The normalized spacial score (nSPS) is 10.8. The summed E-state index contributed by atoms with van der Waals surface area (Å²) in [5.74, 6) is -0.262. The van der Waals surface area contributed by atoms with E-state index in [0.29, 0.717) is 10.9 Å². The summed E-state index contributed by atoms with van der Waals surface area (Å²) in [5, 5.41) is 11.7. The number of benzene rings is 1. The van der Waals surface area contributed by atoms with Gasteiger partial charge in [-0.1, -0.05) is 12.1 Å². The van der Waals surface area contributed by atoms with E-state index in [1.54, 1.807) is 25.1 Å². The number of hydrogen-bond acceptors (Lipinski definition) is 6. The summed E-state index contributed by atoms with van der Waals surface area (Å²) >= 11 is 0. The first-order valence-electron chi connectivity index (χ1n) is 6.53. The van der Waals surface area contributed by atoms with E-state index in [1.165, 1.54) is 25.3 Å². The fourth-order valence-corrected chi connectivity index (χ4v) is 1.97. The topological polar surface area (TPSA) is 91.6 Å². The molecule has 1 aromatic carbocycles. The molecule has 114 valence electrons. The summed E-state index contributed by atoms with van der Waals surface area (Å²) in [6, 6.07) is 6.23. The molecule has 0 radical (unpaired) electrons. The number of aromatic nitrogens is 1. The van der Waals surface area contributed by atoms with Crippen molar-refractivity contribution in [2.75, 3.05) is 13.7 Å². The fraction of sp³-hybridized carbons (Fsp3) is 0.200. The summed E-state index contributed by atoms with van der Waals surface area (Å²) in [6.45, 7) is 1.98. The van der Waals surface area contributed by atoms with Gasteiger partial charge in [-0.05, 0) is 18.6 Å². The first-order valence-corrected chi connectivity index (χ1v) is 6.53. The van der Waals surface area contributed by atoms with Crippen molar-refractivity contribution in [2.45, 2.75) is 6.92 Å². The Morgan fingerprint density at radius 1 is 1.45 bits per heavy atom. The standard InChI is InChI=1S/C15H14N2O5/c1-3-22-14(18)8-7-10-9-13(21-2)16-15-11(10)5-4-6-12(15)17(19)20/h4-9H,3H2,1-2H3/b8-7+. The SMILES string of the molecule is CCOC(=O)/C=C/c1cc(OC)nc2c([N+](=O)[O-])cccc12. The largest absolute Gasteiger partial charge is 0.481 e. The summed E-state index contributed by atoms with van der Waals surface area (Å²) in [6.07, 6.45) is 2.78. The Balaban J connectivity index is 2.60. The van der Waals surface area contributed by atoms with E-state index in [1.807, 2.05) is 0 Å². The number of non-ortho nitro benzene ring substituents is 1. The van der Waals surface area contributed by atoms with Crippen molar-refractivity contribution in [3.63, 3.8) is 0 Å². The highest BCUT2D eigenvalue weighted by Gasteiger charge is 2.16. The number of carbonyl (C=O) groups is 1. The summed E-state index contributed by atoms with van der Waals surface area (Å²) < 4.78 is 9.88. The van der Waals surface area contributed by atoms with Crippen LogP contribution >= 0.6 is 0 Å². The number of ether oxygens (including phenoxy) is 2. The van der Waals surface area contributed by atoms with E-state index in [-0.39, 0.29) is 23.7 Å². The Bertz CT molecular complexity index is 755. The van der Waals surface area contributed by atoms with Crippen LogP contribution in [0.5, 0.6) is 5.88 Å². The van der Waals surface area contributed by atoms with Gasteiger partial charge in [0.15, 0.2) is 5.52 Å². The predicted octanol–water partition coefficient (Wildman–Crippen LogP) is 2.73. The van der Waals surface area contributed by atoms with Crippen molar-refractivity contribution in [3.8, 4) is 5.88 Å². The molecule has 0 spiro atoms. The average molecular weight is 302 g/mol. The van der Waals surface area contributed by atoms with E-state index >= 15 is 0 Å². The number of carbonyl (C=O) groups excluding carboxylic acids is 1. The van der Waals surface area contributed by atoms with Crippen LogP contribution in [0.3, 0.4) is 0 Å². The lowest BCUT2D eigenvalue weighted by Crippen LogP contribution is -1.99. The zero-order valence-corrected chi connectivity index (χ0v) is 12.1. The molecule has 0 fully saturated rings. The number of nitrogens with zero attached hydrogens (tertiary/aromatic N) is 2. The third-order valence-corrected chi connectivity index (χ3v) is 2.92. The highest BCUT2D eigenvalue weighted by atomic mass is 16.6. The lowest BCUT2D eigenvalue weighted by Gasteiger charge is -2.06. The second kappa shape index (κ2) is 6.66. The Hall–Kier alpha value is -2.96. The Kier molecular flexibility index (Phi) is 4.67. The first-order chi connectivity index (χ1) is 10.6. The van der Waals surface area contributed by atoms with Crippen LogP contribution in [0.15, 0.2) is 30.3 Å². The quantitative estimate of drug-likeness (QED) is 0.365. The van der Waals surface area contributed by atoms with Gasteiger partial charge >= 0.3 is 5.97 Å². The second-order valence-corrected chi connectivity index (χ2v) is 4.27. The first kappa shape index (κ1) is 15.4. The number of rotatable bonds is 5. The van der Waals surface area contributed by atoms with Gasteiger partial charge in [0.05, 0.1) is 18.6 Å². The van der Waals surface area contributed by atoms with E-state index < -0.39 is 10.9 Å². The molecular formula is C15H14N2O5. The number of methoxy groups -OCH3 is 1. The molecule has 7 nitrogen and oxygen atoms in total. The number of para-hydroxylation sites is 1. The zero-order chi connectivity index (χ0) is 16.1. The van der Waals surface area contributed by atoms with E-state index in [9.17, 15) is 14.9 Å². The molecule has 0 aliphatic carbocycles. The van der Waals surface area contributed by atoms with Crippen LogP contribution in [0.1, 0.15) is 12.5 Å². The van der Waals surface area contributed by atoms with Gasteiger partial charge in [-0.25, -0.2) is 9.78 Å². The fourth-order valence-electron chi connectivity index (χ4n) is 1.97. The molecule has 0 bridgehead atoms. The van der Waals surface area contributed by atoms with Crippen molar-refractivity contribution in [3.05, 3.63) is 46.0 Å². The van der Waals surface area contributed by atoms with Gasteiger partial charge in [0, 0.05) is 23.6 Å². The number of nitro groups is 1. The van der Waals surface area contributed by atoms with E-state index in [0.717, 1.165) is 0 Å². The van der Waals surface area contributed by atoms with Crippen molar-refractivity contribution >= 4 is 28.6 Å². The third-order valence-electron chi connectivity index (χ3n) is 2.92. The zero-order valence-electron chi connectivity index (χ0n) is 12.1. The van der Waals surface area contributed by atoms with Crippen LogP contribution < -0.4 is 4.74 Å². The minimum Gasteiger partial charge on any atom is -0.481 e. The highest BCUT2D eigenvalue weighted by molar-refractivity contribution is 5.97. The molecule has 0 aliphatic rings. The Morgan fingerprint density at radius 2 is 2.23 bits per heavy atom. The van der Waals surface area contributed by atoms with E-state index in [4.69, 9.17) is 9.47 Å². The molecule has 0 aliphatic heterocycles. The van der Waals surface area contributed by atoms with Crippen LogP contribution in [0.25, 0.3) is 17.0 Å². The van der Waals surface area contributed by atoms with Crippen molar-refractivity contribution in [2.24, 2.45) is 0 Å². The number of fused-ring (bicyclic) bond motifs is 1. The van der Waals surface area contributed by atoms with E-state index in [2.05, 4.69) is 4.98 Å². The lowest BCUT2D eigenvalue weighted by molar-refractivity contribution is -0.383. The summed E-state index contributed by atoms with van der Waals surface area (Å²) in [7, 11) is 1.42. The van der Waals surface area contributed by atoms with Crippen LogP contribution in [0.4, 0.5) is 5.69 Å². The van der Waals surface area contributed by atoms with Gasteiger partial charge in [-0.15, -0.1) is 0 Å². The lowest BCUT2D eigenvalue weighted by atomic mass is 10.1. The van der Waals surface area contributed by atoms with Gasteiger partial charge < -0.3 is 9.47 Å². The monoisotopic (exact) mass is 302 g/mol. The Morgan fingerprint density at radius 3 is 2.86 bits per heavy atom. The second-order valence-electron chi connectivity index (χ2n) is 4.27. The highest BCUT2D eigenvalue weighted by Crippen LogP contribution is 2.29. The van der Waals surface area contributed by atoms with Crippen molar-refractivity contribution in [1.29, 1.82) is 0 Å². The molecule has 1 aromatic heterocycles. The number of esters is 1. The van der Waals surface area contributed by atoms with Crippen molar-refractivity contribution in [1.82, 2.24) is 4.98 Å². The smallest absolute Gasteiger partial charge is 0.330 e. The van der Waals surface area contributed by atoms with Gasteiger partial charge in [-0.2, -0.15) is 0 Å². The third kappa shape index (κ3) is 3.20. The minimum absolute atomic E-state index is 0.123. The van der Waals surface area contributed by atoms with Crippen LogP contribution in [0.2, 0.25) is 0 Å². The van der Waals surface area contributed by atoms with Crippen LogP contribution in [0, 0.1) is 10.1 Å². The molecule has 0 unspecified atom stereocenters. The van der Waals surface area contributed by atoms with Crippen molar-refractivity contribution < 1.29 is 19.2 Å². The molecule has 0 saturated heterocycles. The number of pyridine rings is 1.